The van der Waals surface area contributed by atoms with E-state index in [0.29, 0.717) is 19.1 Å². The summed E-state index contributed by atoms with van der Waals surface area (Å²) in [7, 11) is 6.22. The van der Waals surface area contributed by atoms with E-state index < -0.39 is 0 Å². The summed E-state index contributed by atoms with van der Waals surface area (Å²) in [4.78, 5) is 37.9. The van der Waals surface area contributed by atoms with Crippen LogP contribution in [0.1, 0.15) is 17.8 Å². The van der Waals surface area contributed by atoms with Crippen LogP contribution in [-0.2, 0) is 28.0 Å². The summed E-state index contributed by atoms with van der Waals surface area (Å²) in [5.74, 6) is 1.09. The summed E-state index contributed by atoms with van der Waals surface area (Å²) in [5, 5.41) is 16.8. The van der Waals surface area contributed by atoms with E-state index in [1.165, 1.54) is 0 Å². The number of carboxylic acid groups (broad SMARTS) is 2. The minimum atomic E-state index is -0.250. The van der Waals surface area contributed by atoms with E-state index in [4.69, 9.17) is 19.8 Å². The Balaban J connectivity index is 0.000000672. The molecule has 1 fully saturated rings. The van der Waals surface area contributed by atoms with Gasteiger partial charge in [-0.05, 0) is 45.1 Å². The molecular formula is C20H31N5O5. The molecule has 166 valence electrons. The van der Waals surface area contributed by atoms with Gasteiger partial charge in [0.1, 0.15) is 5.82 Å². The van der Waals surface area contributed by atoms with Crippen LogP contribution in [0.25, 0.3) is 11.0 Å². The van der Waals surface area contributed by atoms with E-state index in [2.05, 4.69) is 57.0 Å². The highest BCUT2D eigenvalue weighted by molar-refractivity contribution is 5.79. The van der Waals surface area contributed by atoms with Crippen LogP contribution in [0.2, 0.25) is 0 Å². The molecule has 1 aliphatic rings. The third-order valence-corrected chi connectivity index (χ3v) is 5.00. The maximum atomic E-state index is 12.2. The van der Waals surface area contributed by atoms with Crippen molar-refractivity contribution in [3.8, 4) is 0 Å². The van der Waals surface area contributed by atoms with Crippen LogP contribution in [0.4, 0.5) is 0 Å². The second-order valence-corrected chi connectivity index (χ2v) is 7.17. The summed E-state index contributed by atoms with van der Waals surface area (Å²) in [5.41, 5.74) is 3.19. The Hall–Kier alpha value is -2.98. The molecule has 2 aromatic rings. The smallest absolute Gasteiger partial charge is 0.290 e. The topological polar surface area (TPSA) is 128 Å². The lowest BCUT2D eigenvalue weighted by Crippen LogP contribution is -2.38. The number of carbonyl (C=O) groups is 3. The third-order valence-electron chi connectivity index (χ3n) is 5.00. The lowest BCUT2D eigenvalue weighted by molar-refractivity contribution is -0.123. The average molecular weight is 421 g/mol. The number of likely N-dealkylation sites (N-methyl/N-ethyl adjacent to an activating group) is 1. The van der Waals surface area contributed by atoms with Gasteiger partial charge in [0.25, 0.3) is 12.9 Å². The van der Waals surface area contributed by atoms with Crippen LogP contribution in [-0.4, -0.2) is 88.2 Å². The second kappa shape index (κ2) is 12.6. The first kappa shape index (κ1) is 25.1. The van der Waals surface area contributed by atoms with Gasteiger partial charge in [0.2, 0.25) is 5.91 Å². The molecule has 0 saturated carbocycles. The van der Waals surface area contributed by atoms with Gasteiger partial charge in [-0.2, -0.15) is 0 Å². The van der Waals surface area contributed by atoms with E-state index in [-0.39, 0.29) is 18.9 Å². The molecule has 0 bridgehead atoms. The van der Waals surface area contributed by atoms with Crippen LogP contribution in [0.15, 0.2) is 18.2 Å². The van der Waals surface area contributed by atoms with Gasteiger partial charge in [-0.1, -0.05) is 6.07 Å². The standard InChI is InChI=1S/C18H27N5O.2CH2O2/c1-13-20-16-9-14(5-6-17(16)22(13)4)10-19-18(24)12-23-8-7-15(11-23)21(2)3;2*2-1-3/h5-6,9,15H,7-8,10-12H2,1-4H3,(H,19,24);2*1H,(H,2,3). The molecule has 30 heavy (non-hydrogen) atoms. The molecule has 10 nitrogen and oxygen atoms in total. The molecule has 0 spiro atoms. The van der Waals surface area contributed by atoms with Gasteiger partial charge < -0.3 is 25.0 Å². The summed E-state index contributed by atoms with van der Waals surface area (Å²) in [6.45, 7) is 4.50. The molecule has 1 aliphatic heterocycles. The zero-order valence-corrected chi connectivity index (χ0v) is 17.9. The number of nitrogens with zero attached hydrogens (tertiary/aromatic N) is 4. The molecule has 1 saturated heterocycles. The van der Waals surface area contributed by atoms with Gasteiger partial charge in [0, 0.05) is 32.7 Å². The highest BCUT2D eigenvalue weighted by Crippen LogP contribution is 2.16. The van der Waals surface area contributed by atoms with E-state index in [0.717, 1.165) is 41.9 Å². The Morgan fingerprint density at radius 1 is 1.30 bits per heavy atom. The Kier molecular flexibility index (Phi) is 10.5. The monoisotopic (exact) mass is 421 g/mol. The zero-order valence-electron chi connectivity index (χ0n) is 17.9. The van der Waals surface area contributed by atoms with Gasteiger partial charge in [0.05, 0.1) is 17.6 Å². The number of imidazole rings is 1. The number of hydrogen-bond donors (Lipinski definition) is 3. The fourth-order valence-electron chi connectivity index (χ4n) is 3.31. The fourth-order valence-corrected chi connectivity index (χ4v) is 3.31. The number of amides is 1. The SMILES string of the molecule is Cc1nc2cc(CNC(=O)CN3CCC(N(C)C)C3)ccc2n1C.O=CO.O=CO. The molecule has 0 aliphatic carbocycles. The quantitative estimate of drug-likeness (QED) is 0.597. The highest BCUT2D eigenvalue weighted by atomic mass is 16.3. The predicted octanol–water partition coefficient (Wildman–Crippen LogP) is 0.535. The number of fused-ring (bicyclic) bond motifs is 1. The van der Waals surface area contributed by atoms with Crippen LogP contribution in [0.5, 0.6) is 0 Å². The first-order valence-electron chi connectivity index (χ1n) is 9.50. The van der Waals surface area contributed by atoms with Crippen LogP contribution >= 0.6 is 0 Å². The number of hydrogen-bond acceptors (Lipinski definition) is 6. The molecule has 3 N–H and O–H groups in total. The molecular weight excluding hydrogens is 390 g/mol. The highest BCUT2D eigenvalue weighted by Gasteiger charge is 2.25. The zero-order chi connectivity index (χ0) is 22.7. The van der Waals surface area contributed by atoms with Crippen molar-refractivity contribution in [2.45, 2.75) is 25.9 Å². The maximum Gasteiger partial charge on any atom is 0.290 e. The van der Waals surface area contributed by atoms with Gasteiger partial charge in [-0.25, -0.2) is 4.98 Å². The third kappa shape index (κ3) is 7.45. The number of aryl methyl sites for hydroxylation is 2. The average Bonchev–Trinajstić information content (AvgIpc) is 3.26. The number of rotatable bonds is 5. The molecule has 3 rings (SSSR count). The van der Waals surface area contributed by atoms with Crippen molar-refractivity contribution < 1.29 is 24.6 Å². The normalized spacial score (nSPS) is 15.7. The van der Waals surface area contributed by atoms with Gasteiger partial charge in [-0.3, -0.25) is 19.3 Å². The summed E-state index contributed by atoms with van der Waals surface area (Å²) >= 11 is 0. The first-order valence-corrected chi connectivity index (χ1v) is 9.50. The maximum absolute atomic E-state index is 12.2. The minimum Gasteiger partial charge on any atom is -0.483 e. The van der Waals surface area contributed by atoms with Crippen molar-refractivity contribution in [2.75, 3.05) is 33.7 Å². The van der Waals surface area contributed by atoms with Crippen LogP contribution < -0.4 is 5.32 Å². The van der Waals surface area contributed by atoms with Crippen molar-refractivity contribution >= 4 is 29.9 Å². The number of nitrogens with one attached hydrogen (secondary N) is 1. The Labute approximate surface area is 176 Å². The van der Waals surface area contributed by atoms with Gasteiger partial charge >= 0.3 is 0 Å². The van der Waals surface area contributed by atoms with Crippen molar-refractivity contribution in [3.63, 3.8) is 0 Å². The number of aromatic nitrogens is 2. The largest absolute Gasteiger partial charge is 0.483 e. The number of carbonyl (C=O) groups excluding carboxylic acids is 1. The Morgan fingerprint density at radius 2 is 1.93 bits per heavy atom. The summed E-state index contributed by atoms with van der Waals surface area (Å²) in [6.07, 6.45) is 1.13. The van der Waals surface area contributed by atoms with E-state index >= 15 is 0 Å². The lowest BCUT2D eigenvalue weighted by Gasteiger charge is -2.20. The van der Waals surface area contributed by atoms with E-state index in [1.54, 1.807) is 0 Å². The fraction of sp³-hybridized carbons (Fsp3) is 0.500. The Bertz CT molecular complexity index is 830. The molecule has 1 atom stereocenters. The van der Waals surface area contributed by atoms with Crippen LogP contribution in [0, 0.1) is 6.92 Å². The van der Waals surface area contributed by atoms with Crippen molar-refractivity contribution in [1.29, 1.82) is 0 Å². The minimum absolute atomic E-state index is 0.0895. The first-order chi connectivity index (χ1) is 14.3. The second-order valence-electron chi connectivity index (χ2n) is 7.17. The summed E-state index contributed by atoms with van der Waals surface area (Å²) < 4.78 is 2.08. The molecule has 0 radical (unpaired) electrons. The number of likely N-dealkylation sites (tertiary alicyclic amines) is 1. The van der Waals surface area contributed by atoms with Crippen molar-refractivity contribution in [2.24, 2.45) is 7.05 Å². The van der Waals surface area contributed by atoms with Crippen molar-refractivity contribution in [1.82, 2.24) is 24.7 Å². The van der Waals surface area contributed by atoms with Gasteiger partial charge in [-0.15, -0.1) is 0 Å². The molecule has 1 amide bonds. The molecule has 1 unspecified atom stereocenters. The molecule has 10 heteroatoms. The van der Waals surface area contributed by atoms with Gasteiger partial charge in [0.15, 0.2) is 0 Å². The number of benzene rings is 1. The lowest BCUT2D eigenvalue weighted by atomic mass is 10.2. The molecule has 1 aromatic heterocycles. The predicted molar refractivity (Wildman–Crippen MR) is 113 cm³/mol. The summed E-state index contributed by atoms with van der Waals surface area (Å²) in [6, 6.07) is 6.74. The van der Waals surface area contributed by atoms with Crippen LogP contribution in [0.3, 0.4) is 0 Å². The van der Waals surface area contributed by atoms with E-state index in [9.17, 15) is 4.79 Å². The Morgan fingerprint density at radius 3 is 2.50 bits per heavy atom. The van der Waals surface area contributed by atoms with E-state index in [1.807, 2.05) is 14.0 Å². The van der Waals surface area contributed by atoms with Crippen molar-refractivity contribution in [3.05, 3.63) is 29.6 Å². The molecule has 2 heterocycles. The molecule has 1 aromatic carbocycles.